The number of rotatable bonds is 34. The lowest BCUT2D eigenvalue weighted by atomic mass is 10.1. The normalized spacial score (nSPS) is 15.4. The third-order valence-electron chi connectivity index (χ3n) is 10.8. The van der Waals surface area contributed by atoms with Gasteiger partial charge in [0, 0.05) is 91.3 Å². The molecule has 0 aromatic rings. The highest BCUT2D eigenvalue weighted by atomic mass is 16.4. The standard InChI is InChI=1S/C42H73N9O16/c52-33(12-5-1-2-6-13-34(53)44-18-10-7-11-31(40(63)64)46-42(67)47-32(41(65)66)14-15-36(55)56)43-16-8-3-4-9-17-45-35(54)27-48-19-21-49(28-37(57)58)23-25-51(30-39(61)62)26-24-50(22-20-48)29-38(59)60/h31-32H,1-30H2,(H,43,52)(H,44,53)(H,45,54)(H,55,56)(H,57,58)(H,59,60)(H,61,62)(H,63,64)(H,65,66)(H2,46,47,67)/t31-,32-/m0/s1. The summed E-state index contributed by atoms with van der Waals surface area (Å²) < 4.78 is 0. The molecule has 0 aromatic carbocycles. The summed E-state index contributed by atoms with van der Waals surface area (Å²) in [5.74, 6) is -7.54. The second-order valence-corrected chi connectivity index (χ2v) is 16.5. The van der Waals surface area contributed by atoms with Gasteiger partial charge in [0.25, 0.3) is 0 Å². The number of hydrogen-bond acceptors (Lipinski definition) is 14. The first-order valence-electron chi connectivity index (χ1n) is 22.9. The number of carboxylic acid groups (broad SMARTS) is 6. The third-order valence-corrected chi connectivity index (χ3v) is 10.8. The minimum atomic E-state index is -1.50. The van der Waals surface area contributed by atoms with Crippen LogP contribution in [0.2, 0.25) is 0 Å². The van der Waals surface area contributed by atoms with Crippen LogP contribution in [-0.2, 0) is 43.2 Å². The number of nitrogens with one attached hydrogen (secondary N) is 5. The molecule has 5 amide bonds. The highest BCUT2D eigenvalue weighted by Gasteiger charge is 2.25. The molecule has 25 nitrogen and oxygen atoms in total. The highest BCUT2D eigenvalue weighted by molar-refractivity contribution is 5.86. The largest absolute Gasteiger partial charge is 0.481 e. The molecule has 67 heavy (non-hydrogen) atoms. The van der Waals surface area contributed by atoms with Crippen LogP contribution < -0.4 is 26.6 Å². The van der Waals surface area contributed by atoms with Gasteiger partial charge in [-0.15, -0.1) is 0 Å². The van der Waals surface area contributed by atoms with Gasteiger partial charge in [-0.25, -0.2) is 14.4 Å². The molecule has 1 saturated heterocycles. The van der Waals surface area contributed by atoms with Crippen LogP contribution >= 0.6 is 0 Å². The van der Waals surface area contributed by atoms with Crippen molar-refractivity contribution in [2.24, 2.45) is 0 Å². The van der Waals surface area contributed by atoms with E-state index in [-0.39, 0.29) is 69.8 Å². The van der Waals surface area contributed by atoms with Gasteiger partial charge in [0.15, 0.2) is 0 Å². The number of amides is 5. The van der Waals surface area contributed by atoms with Crippen LogP contribution in [-0.4, -0.2) is 220 Å². The lowest BCUT2D eigenvalue weighted by Gasteiger charge is -2.32. The SMILES string of the molecule is O=C(O)CC[C@H](NC(=O)N[C@@H](CCCCNC(=O)CCCCCCC(=O)NCCCCCCNC(=O)CN1CCN(CC(=O)O)CCN(CC(=O)O)CCN(CC(=O)O)CC1)C(=O)O)C(=O)O. The van der Waals surface area contributed by atoms with E-state index in [4.69, 9.17) is 10.2 Å². The Morgan fingerprint density at radius 3 is 1.04 bits per heavy atom. The van der Waals surface area contributed by atoms with Crippen LogP contribution in [0.1, 0.15) is 96.3 Å². The Morgan fingerprint density at radius 1 is 0.358 bits per heavy atom. The van der Waals surface area contributed by atoms with E-state index in [9.17, 15) is 68.4 Å². The molecular weight excluding hydrogens is 887 g/mol. The summed E-state index contributed by atoms with van der Waals surface area (Å²) in [4.78, 5) is 124. The molecule has 1 rings (SSSR count). The highest BCUT2D eigenvalue weighted by Crippen LogP contribution is 2.08. The Labute approximate surface area is 390 Å². The molecule has 0 saturated carbocycles. The summed E-state index contributed by atoms with van der Waals surface area (Å²) >= 11 is 0. The molecule has 25 heteroatoms. The number of carbonyl (C=O) groups is 10. The van der Waals surface area contributed by atoms with Gasteiger partial charge in [0.1, 0.15) is 12.1 Å². The predicted molar refractivity (Wildman–Crippen MR) is 239 cm³/mol. The monoisotopic (exact) mass is 960 g/mol. The zero-order valence-corrected chi connectivity index (χ0v) is 38.4. The number of hydrogen-bond donors (Lipinski definition) is 11. The van der Waals surface area contributed by atoms with Crippen LogP contribution in [0.5, 0.6) is 0 Å². The van der Waals surface area contributed by atoms with Crippen LogP contribution in [0, 0.1) is 0 Å². The van der Waals surface area contributed by atoms with Crippen molar-refractivity contribution in [3.63, 3.8) is 0 Å². The fraction of sp³-hybridized carbons (Fsp3) is 0.762. The number of nitrogens with zero attached hydrogens (tertiary/aromatic N) is 4. The van der Waals surface area contributed by atoms with E-state index in [0.29, 0.717) is 97.4 Å². The Balaban J connectivity index is 2.22. The second kappa shape index (κ2) is 35.5. The zero-order valence-electron chi connectivity index (χ0n) is 38.4. The van der Waals surface area contributed by atoms with E-state index in [2.05, 4.69) is 26.6 Å². The first-order chi connectivity index (χ1) is 31.8. The van der Waals surface area contributed by atoms with Gasteiger partial charge in [-0.3, -0.25) is 53.2 Å². The molecule has 382 valence electrons. The molecule has 0 aromatic heterocycles. The molecule has 1 aliphatic heterocycles. The van der Waals surface area contributed by atoms with Crippen LogP contribution in [0.15, 0.2) is 0 Å². The summed E-state index contributed by atoms with van der Waals surface area (Å²) in [5.41, 5.74) is 0. The second-order valence-electron chi connectivity index (χ2n) is 16.5. The summed E-state index contributed by atoms with van der Waals surface area (Å²) in [6.45, 7) is 3.07. The van der Waals surface area contributed by atoms with E-state index in [1.807, 2.05) is 4.90 Å². The minimum absolute atomic E-state index is 0.0207. The lowest BCUT2D eigenvalue weighted by Crippen LogP contribution is -2.51. The van der Waals surface area contributed by atoms with Crippen molar-refractivity contribution in [1.82, 2.24) is 46.2 Å². The first-order valence-corrected chi connectivity index (χ1v) is 22.9. The average molecular weight is 960 g/mol. The number of carbonyl (C=O) groups excluding carboxylic acids is 4. The van der Waals surface area contributed by atoms with Gasteiger partial charge in [-0.2, -0.15) is 0 Å². The number of urea groups is 1. The maximum absolute atomic E-state index is 12.9. The molecule has 0 aliphatic carbocycles. The van der Waals surface area contributed by atoms with Crippen molar-refractivity contribution in [3.05, 3.63) is 0 Å². The average Bonchev–Trinajstić information content (AvgIpc) is 3.23. The van der Waals surface area contributed by atoms with Crippen molar-refractivity contribution in [1.29, 1.82) is 0 Å². The van der Waals surface area contributed by atoms with E-state index >= 15 is 0 Å². The molecular formula is C42H73N9O16. The van der Waals surface area contributed by atoms with Gasteiger partial charge >= 0.3 is 41.8 Å². The summed E-state index contributed by atoms with van der Waals surface area (Å²) in [6, 6.07) is -3.87. The van der Waals surface area contributed by atoms with E-state index < -0.39 is 60.4 Å². The molecule has 1 fully saturated rings. The molecule has 2 atom stereocenters. The fourth-order valence-electron chi connectivity index (χ4n) is 7.05. The Bertz CT molecular complexity index is 1560. The van der Waals surface area contributed by atoms with Crippen molar-refractivity contribution in [3.8, 4) is 0 Å². The molecule has 1 heterocycles. The number of unbranched alkanes of at least 4 members (excludes halogenated alkanes) is 7. The quantitative estimate of drug-likeness (QED) is 0.0343. The van der Waals surface area contributed by atoms with E-state index in [0.717, 1.165) is 38.5 Å². The molecule has 0 radical (unpaired) electrons. The maximum atomic E-state index is 12.9. The zero-order chi connectivity index (χ0) is 50.0. The number of carboxylic acids is 6. The lowest BCUT2D eigenvalue weighted by molar-refractivity contribution is -0.141. The Kier molecular flexibility index (Phi) is 31.5. The summed E-state index contributed by atoms with van der Waals surface area (Å²) in [6.07, 6.45) is 6.62. The smallest absolute Gasteiger partial charge is 0.326 e. The van der Waals surface area contributed by atoms with E-state index in [1.165, 1.54) is 0 Å². The molecule has 0 spiro atoms. The topological polar surface area (TPSA) is 365 Å². The number of aliphatic carboxylic acids is 6. The summed E-state index contributed by atoms with van der Waals surface area (Å²) in [5, 5.41) is 68.3. The van der Waals surface area contributed by atoms with Gasteiger partial charge in [0.2, 0.25) is 17.7 Å². The van der Waals surface area contributed by atoms with Gasteiger partial charge in [-0.1, -0.05) is 25.7 Å². The van der Waals surface area contributed by atoms with Crippen LogP contribution in [0.4, 0.5) is 4.79 Å². The predicted octanol–water partition coefficient (Wildman–Crippen LogP) is -1.05. The van der Waals surface area contributed by atoms with Gasteiger partial charge in [-0.05, 0) is 51.4 Å². The van der Waals surface area contributed by atoms with Crippen molar-refractivity contribution in [2.75, 3.05) is 98.2 Å². The minimum Gasteiger partial charge on any atom is -0.481 e. The van der Waals surface area contributed by atoms with Gasteiger partial charge in [0.05, 0.1) is 26.2 Å². The van der Waals surface area contributed by atoms with Crippen molar-refractivity contribution in [2.45, 2.75) is 108 Å². The Hall–Kier alpha value is -5.66. The molecule has 0 unspecified atom stereocenters. The molecule has 0 bridgehead atoms. The van der Waals surface area contributed by atoms with Crippen LogP contribution in [0.3, 0.4) is 0 Å². The first kappa shape index (κ1) is 59.4. The van der Waals surface area contributed by atoms with E-state index in [1.54, 1.807) is 14.7 Å². The van der Waals surface area contributed by atoms with Crippen molar-refractivity contribution < 1.29 is 78.6 Å². The fourth-order valence-corrected chi connectivity index (χ4v) is 7.05. The third kappa shape index (κ3) is 32.6. The maximum Gasteiger partial charge on any atom is 0.326 e. The Morgan fingerprint density at radius 2 is 0.687 bits per heavy atom. The van der Waals surface area contributed by atoms with Crippen LogP contribution in [0.25, 0.3) is 0 Å². The van der Waals surface area contributed by atoms with Crippen molar-refractivity contribution >= 4 is 59.6 Å². The molecule has 1 aliphatic rings. The van der Waals surface area contributed by atoms with Gasteiger partial charge < -0.3 is 57.2 Å². The molecule has 11 N–H and O–H groups in total. The summed E-state index contributed by atoms with van der Waals surface area (Å²) in [7, 11) is 0.